The Balaban J connectivity index is 2.18. The number of hydrogen-bond donors (Lipinski definition) is 2. The molecule has 0 aromatic rings. The molecule has 1 aliphatic heterocycles. The van der Waals surface area contributed by atoms with Crippen LogP contribution < -0.4 is 5.32 Å². The highest BCUT2D eigenvalue weighted by Gasteiger charge is 2.13. The minimum atomic E-state index is -0.502. The average Bonchev–Trinajstić information content (AvgIpc) is 2.68. The summed E-state index contributed by atoms with van der Waals surface area (Å²) >= 11 is 0. The van der Waals surface area contributed by atoms with Crippen molar-refractivity contribution in [2.75, 3.05) is 79.4 Å². The van der Waals surface area contributed by atoms with Gasteiger partial charge in [0.15, 0.2) is 0 Å². The van der Waals surface area contributed by atoms with Gasteiger partial charge in [-0.25, -0.2) is 4.79 Å². The Bertz CT molecular complexity index is 336. The van der Waals surface area contributed by atoms with Crippen LogP contribution in [0.5, 0.6) is 0 Å². The second kappa shape index (κ2) is 18.6. The molecular weight excluding hydrogens is 378 g/mol. The van der Waals surface area contributed by atoms with Crippen LogP contribution in [0.4, 0.5) is 4.79 Å². The van der Waals surface area contributed by atoms with Gasteiger partial charge >= 0.3 is 6.09 Å². The zero-order valence-electron chi connectivity index (χ0n) is 15.7. The van der Waals surface area contributed by atoms with E-state index in [-0.39, 0.29) is 29.3 Å². The molecule has 0 saturated carbocycles. The van der Waals surface area contributed by atoms with E-state index in [1.165, 1.54) is 0 Å². The lowest BCUT2D eigenvalue weighted by Crippen LogP contribution is -2.33. The summed E-state index contributed by atoms with van der Waals surface area (Å²) in [4.78, 5) is 11.7. The number of aliphatic hydroxyl groups is 1. The number of carbonyl (C=O) groups excluding carboxylic acids is 1. The third-order valence-electron chi connectivity index (χ3n) is 3.29. The predicted octanol–water partition coefficient (Wildman–Crippen LogP) is -0.428. The number of alkyl carbamates (subject to hydrolysis) is 1. The Morgan fingerprint density at radius 2 is 1.63 bits per heavy atom. The summed E-state index contributed by atoms with van der Waals surface area (Å²) in [7, 11) is 0.226. The van der Waals surface area contributed by atoms with Gasteiger partial charge in [-0.2, -0.15) is 0 Å². The van der Waals surface area contributed by atoms with E-state index in [0.717, 1.165) is 12.5 Å². The lowest BCUT2D eigenvalue weighted by atomic mass is 10.4. The van der Waals surface area contributed by atoms with Crippen molar-refractivity contribution in [2.45, 2.75) is 18.6 Å². The molecule has 1 heterocycles. The SMILES string of the molecule is O=C(NCCC[Si]OCO)OCC1COCCOCCOCCOCCO1. The number of nitrogens with one attached hydrogen (secondary N) is 1. The number of ether oxygens (including phenoxy) is 6. The van der Waals surface area contributed by atoms with E-state index in [9.17, 15) is 4.79 Å². The van der Waals surface area contributed by atoms with Crippen LogP contribution in [0.2, 0.25) is 6.04 Å². The fraction of sp³-hybridized carbons (Fsp3) is 0.938. The molecule has 0 aromatic carbocycles. The fourth-order valence-corrected chi connectivity index (χ4v) is 2.54. The third kappa shape index (κ3) is 15.9. The maximum Gasteiger partial charge on any atom is 0.407 e. The number of hydrogen-bond acceptors (Lipinski definition) is 9. The summed E-state index contributed by atoms with van der Waals surface area (Å²) in [6, 6.07) is 0.771. The summed E-state index contributed by atoms with van der Waals surface area (Å²) < 4.78 is 37.3. The van der Waals surface area contributed by atoms with Gasteiger partial charge in [0.05, 0.1) is 59.5 Å². The van der Waals surface area contributed by atoms with Gasteiger partial charge < -0.3 is 43.3 Å². The van der Waals surface area contributed by atoms with Gasteiger partial charge in [0.25, 0.3) is 0 Å². The van der Waals surface area contributed by atoms with Crippen LogP contribution in [-0.2, 0) is 32.8 Å². The van der Waals surface area contributed by atoms with Crippen molar-refractivity contribution in [3.05, 3.63) is 0 Å². The molecule has 0 spiro atoms. The van der Waals surface area contributed by atoms with Crippen LogP contribution in [0.1, 0.15) is 6.42 Å². The smallest absolute Gasteiger partial charge is 0.407 e. The molecule has 1 amide bonds. The molecule has 158 valence electrons. The van der Waals surface area contributed by atoms with Crippen LogP contribution in [0.25, 0.3) is 0 Å². The second-order valence-electron chi connectivity index (χ2n) is 5.45. The van der Waals surface area contributed by atoms with E-state index < -0.39 is 6.09 Å². The van der Waals surface area contributed by atoms with Crippen molar-refractivity contribution in [1.29, 1.82) is 0 Å². The molecule has 2 N–H and O–H groups in total. The summed E-state index contributed by atoms with van der Waals surface area (Å²) in [5.74, 6) is 0. The topological polar surface area (TPSA) is 114 Å². The summed E-state index contributed by atoms with van der Waals surface area (Å²) in [5, 5.41) is 11.2. The van der Waals surface area contributed by atoms with Gasteiger partial charge in [0, 0.05) is 6.54 Å². The number of carbonyl (C=O) groups is 1. The number of rotatable bonds is 8. The standard InChI is InChI=1S/C16H31NO9Si/c18-14-26-27-11-1-2-17-16(19)25-13-15-12-23-8-7-21-4-3-20-5-6-22-9-10-24-15/h15,18H,1-14H2,(H,17,19). The van der Waals surface area contributed by atoms with Gasteiger partial charge in [-0.1, -0.05) is 0 Å². The molecule has 27 heavy (non-hydrogen) atoms. The third-order valence-corrected chi connectivity index (χ3v) is 4.18. The largest absolute Gasteiger partial charge is 0.447 e. The molecule has 10 nitrogen and oxygen atoms in total. The first-order valence-electron chi connectivity index (χ1n) is 9.11. The highest BCUT2D eigenvalue weighted by molar-refractivity contribution is 6.26. The van der Waals surface area contributed by atoms with Gasteiger partial charge in [-0.3, -0.25) is 0 Å². The average molecular weight is 410 g/mol. The van der Waals surface area contributed by atoms with E-state index in [2.05, 4.69) is 5.32 Å². The Kier molecular flexibility index (Phi) is 16.7. The number of amides is 1. The first-order valence-corrected chi connectivity index (χ1v) is 10.2. The van der Waals surface area contributed by atoms with Gasteiger partial charge in [0.2, 0.25) is 9.76 Å². The van der Waals surface area contributed by atoms with Gasteiger partial charge in [0.1, 0.15) is 19.5 Å². The Hall–Kier alpha value is -0.793. The molecule has 1 aliphatic rings. The molecule has 0 bridgehead atoms. The lowest BCUT2D eigenvalue weighted by Gasteiger charge is -2.18. The minimum absolute atomic E-state index is 0.0885. The summed E-state index contributed by atoms with van der Waals surface area (Å²) in [6.07, 6.45) is -0.129. The van der Waals surface area contributed by atoms with Crippen molar-refractivity contribution in [1.82, 2.24) is 5.32 Å². The van der Waals surface area contributed by atoms with E-state index in [1.54, 1.807) is 0 Å². The molecule has 0 aromatic heterocycles. The molecule has 0 aliphatic carbocycles. The maximum absolute atomic E-state index is 11.7. The molecule has 1 fully saturated rings. The highest BCUT2D eigenvalue weighted by Crippen LogP contribution is 1.98. The molecule has 11 heteroatoms. The molecular formula is C16H31NO9Si. The summed E-state index contributed by atoms with van der Waals surface area (Å²) in [6.45, 7) is 4.34. The van der Waals surface area contributed by atoms with Gasteiger partial charge in [-0.15, -0.1) is 0 Å². The zero-order valence-corrected chi connectivity index (χ0v) is 16.7. The van der Waals surface area contributed by atoms with Crippen LogP contribution in [0, 0.1) is 0 Å². The van der Waals surface area contributed by atoms with Crippen LogP contribution in [0.3, 0.4) is 0 Å². The summed E-state index contributed by atoms with van der Waals surface area (Å²) in [5.41, 5.74) is 0. The van der Waals surface area contributed by atoms with E-state index in [0.29, 0.717) is 66.0 Å². The normalized spacial score (nSPS) is 21.0. The van der Waals surface area contributed by atoms with Gasteiger partial charge in [-0.05, 0) is 12.5 Å². The van der Waals surface area contributed by atoms with E-state index in [1.807, 2.05) is 0 Å². The molecule has 1 unspecified atom stereocenters. The first-order chi connectivity index (χ1) is 13.3. The van der Waals surface area contributed by atoms with E-state index in [4.69, 9.17) is 38.0 Å². The van der Waals surface area contributed by atoms with Crippen LogP contribution >= 0.6 is 0 Å². The Morgan fingerprint density at radius 3 is 2.30 bits per heavy atom. The maximum atomic E-state index is 11.7. The fourth-order valence-electron chi connectivity index (χ4n) is 1.98. The van der Waals surface area contributed by atoms with Crippen LogP contribution in [-0.4, -0.2) is 106 Å². The quantitative estimate of drug-likeness (QED) is 0.313. The van der Waals surface area contributed by atoms with Crippen molar-refractivity contribution < 1.29 is 42.7 Å². The highest BCUT2D eigenvalue weighted by atomic mass is 28.2. The second-order valence-corrected chi connectivity index (χ2v) is 6.53. The minimum Gasteiger partial charge on any atom is -0.447 e. The number of aliphatic hydroxyl groups excluding tert-OH is 1. The molecule has 2 radical (unpaired) electrons. The van der Waals surface area contributed by atoms with Crippen LogP contribution in [0.15, 0.2) is 0 Å². The van der Waals surface area contributed by atoms with E-state index >= 15 is 0 Å². The zero-order chi connectivity index (χ0) is 19.4. The lowest BCUT2D eigenvalue weighted by molar-refractivity contribution is -0.0663. The van der Waals surface area contributed by atoms with Crippen molar-refractivity contribution in [2.24, 2.45) is 0 Å². The van der Waals surface area contributed by atoms with Crippen molar-refractivity contribution in [3.63, 3.8) is 0 Å². The predicted molar refractivity (Wildman–Crippen MR) is 95.7 cm³/mol. The van der Waals surface area contributed by atoms with Crippen molar-refractivity contribution in [3.8, 4) is 0 Å². The Labute approximate surface area is 162 Å². The molecule has 1 atom stereocenters. The molecule has 1 saturated heterocycles. The van der Waals surface area contributed by atoms with Crippen molar-refractivity contribution >= 4 is 15.9 Å². The Morgan fingerprint density at radius 1 is 1.00 bits per heavy atom. The molecule has 1 rings (SSSR count). The monoisotopic (exact) mass is 409 g/mol. The first kappa shape index (κ1) is 24.2.